The molecule has 1 heterocycles. The number of hydrogen-bond acceptors (Lipinski definition) is 1. The number of fused-ring (bicyclic) bond motifs is 1. The number of aromatic amines is 1. The number of benzene rings is 2. The minimum absolute atomic E-state index is 0.929. The summed E-state index contributed by atoms with van der Waals surface area (Å²) in [4.78, 5) is 8.10. The predicted octanol–water partition coefficient (Wildman–Crippen LogP) is 4.61. The maximum Gasteiger partial charge on any atom is 0.138 e. The highest BCUT2D eigenvalue weighted by atomic mass is 79.9. The Morgan fingerprint density at radius 1 is 1.06 bits per heavy atom. The molecule has 0 aliphatic rings. The molecule has 1 aromatic heterocycles. The Labute approximate surface area is 114 Å². The van der Waals surface area contributed by atoms with E-state index < -0.39 is 0 Å². The molecular weight excluding hydrogens is 288 g/mol. The molecule has 0 unspecified atom stereocenters. The third-order valence-corrected chi connectivity index (χ3v) is 4.10. The zero-order chi connectivity index (χ0) is 12.7. The minimum Gasteiger partial charge on any atom is -0.338 e. The summed E-state index contributed by atoms with van der Waals surface area (Å²) in [6.07, 6.45) is 0. The number of imidazole rings is 1. The Bertz CT molecular complexity index is 728. The van der Waals surface area contributed by atoms with Crippen LogP contribution in [0, 0.1) is 13.8 Å². The molecule has 0 atom stereocenters. The summed E-state index contributed by atoms with van der Waals surface area (Å²) in [7, 11) is 0. The van der Waals surface area contributed by atoms with E-state index in [2.05, 4.69) is 53.0 Å². The first-order valence-corrected chi connectivity index (χ1v) is 6.67. The SMILES string of the molecule is Cc1c(Br)cccc1-c1nc2c(C)cccc2[nH]1. The summed E-state index contributed by atoms with van der Waals surface area (Å²) in [5.41, 5.74) is 5.67. The van der Waals surface area contributed by atoms with Gasteiger partial charge in [0.15, 0.2) is 0 Å². The summed E-state index contributed by atoms with van der Waals surface area (Å²) in [5, 5.41) is 0. The van der Waals surface area contributed by atoms with Gasteiger partial charge in [-0.2, -0.15) is 0 Å². The number of nitrogens with one attached hydrogen (secondary N) is 1. The normalized spacial score (nSPS) is 11.1. The van der Waals surface area contributed by atoms with Crippen LogP contribution in [0.25, 0.3) is 22.4 Å². The third-order valence-electron chi connectivity index (χ3n) is 3.24. The number of para-hydroxylation sites is 1. The predicted molar refractivity (Wildman–Crippen MR) is 78.7 cm³/mol. The first kappa shape index (κ1) is 11.5. The van der Waals surface area contributed by atoms with Gasteiger partial charge in [0.25, 0.3) is 0 Å². The Hall–Kier alpha value is -1.61. The summed E-state index contributed by atoms with van der Waals surface area (Å²) in [6, 6.07) is 12.4. The fourth-order valence-corrected chi connectivity index (χ4v) is 2.53. The maximum atomic E-state index is 4.71. The van der Waals surface area contributed by atoms with Crippen LogP contribution in [0.2, 0.25) is 0 Å². The van der Waals surface area contributed by atoms with E-state index in [1.165, 1.54) is 11.1 Å². The summed E-state index contributed by atoms with van der Waals surface area (Å²) >= 11 is 3.56. The van der Waals surface area contributed by atoms with Gasteiger partial charge in [0.1, 0.15) is 5.82 Å². The quantitative estimate of drug-likeness (QED) is 0.698. The van der Waals surface area contributed by atoms with E-state index >= 15 is 0 Å². The molecular formula is C15H13BrN2. The second kappa shape index (κ2) is 4.25. The molecule has 18 heavy (non-hydrogen) atoms. The standard InChI is InChI=1S/C15H13BrN2/c1-9-5-3-8-13-14(9)18-15(17-13)11-6-4-7-12(16)10(11)2/h3-8H,1-2H3,(H,17,18). The van der Waals surface area contributed by atoms with Crippen molar-refractivity contribution in [1.82, 2.24) is 9.97 Å². The summed E-state index contributed by atoms with van der Waals surface area (Å²) < 4.78 is 1.11. The first-order valence-electron chi connectivity index (χ1n) is 5.87. The number of hydrogen-bond donors (Lipinski definition) is 1. The van der Waals surface area contributed by atoms with Crippen molar-refractivity contribution in [1.29, 1.82) is 0 Å². The number of aryl methyl sites for hydroxylation is 1. The van der Waals surface area contributed by atoms with Gasteiger partial charge in [-0.3, -0.25) is 0 Å². The molecule has 1 N–H and O–H groups in total. The molecule has 0 fully saturated rings. The van der Waals surface area contributed by atoms with Gasteiger partial charge >= 0.3 is 0 Å². The highest BCUT2D eigenvalue weighted by Crippen LogP contribution is 2.28. The molecule has 0 amide bonds. The van der Waals surface area contributed by atoms with Gasteiger partial charge in [-0.25, -0.2) is 4.98 Å². The lowest BCUT2D eigenvalue weighted by Crippen LogP contribution is -1.86. The third kappa shape index (κ3) is 1.75. The van der Waals surface area contributed by atoms with Gasteiger partial charge in [-0.05, 0) is 37.1 Å². The molecule has 3 heteroatoms. The molecule has 0 aliphatic heterocycles. The van der Waals surface area contributed by atoms with Crippen LogP contribution >= 0.6 is 15.9 Å². The second-order valence-corrected chi connectivity index (χ2v) is 5.32. The highest BCUT2D eigenvalue weighted by molar-refractivity contribution is 9.10. The molecule has 2 nitrogen and oxygen atoms in total. The van der Waals surface area contributed by atoms with Crippen LogP contribution in [0.5, 0.6) is 0 Å². The number of nitrogens with zero attached hydrogens (tertiary/aromatic N) is 1. The van der Waals surface area contributed by atoms with Crippen molar-refractivity contribution >= 4 is 27.0 Å². The van der Waals surface area contributed by atoms with Crippen LogP contribution in [-0.4, -0.2) is 9.97 Å². The average molecular weight is 301 g/mol. The van der Waals surface area contributed by atoms with Crippen LogP contribution in [0.3, 0.4) is 0 Å². The van der Waals surface area contributed by atoms with Crippen molar-refractivity contribution in [2.45, 2.75) is 13.8 Å². The van der Waals surface area contributed by atoms with Crippen LogP contribution in [-0.2, 0) is 0 Å². The summed E-state index contributed by atoms with van der Waals surface area (Å²) in [6.45, 7) is 4.18. The van der Waals surface area contributed by atoms with E-state index in [1.807, 2.05) is 18.2 Å². The first-order chi connectivity index (χ1) is 8.66. The fourth-order valence-electron chi connectivity index (χ4n) is 2.17. The molecule has 0 bridgehead atoms. The Morgan fingerprint density at radius 3 is 2.61 bits per heavy atom. The largest absolute Gasteiger partial charge is 0.338 e. The van der Waals surface area contributed by atoms with E-state index in [0.29, 0.717) is 0 Å². The van der Waals surface area contributed by atoms with E-state index in [4.69, 9.17) is 4.98 Å². The van der Waals surface area contributed by atoms with Crippen LogP contribution in [0.4, 0.5) is 0 Å². The average Bonchev–Trinajstić information content (AvgIpc) is 2.78. The molecule has 0 saturated heterocycles. The number of aromatic nitrogens is 2. The Morgan fingerprint density at radius 2 is 1.83 bits per heavy atom. The number of halogens is 1. The molecule has 0 spiro atoms. The maximum absolute atomic E-state index is 4.71. The molecule has 90 valence electrons. The van der Waals surface area contributed by atoms with Crippen molar-refractivity contribution in [3.8, 4) is 11.4 Å². The number of rotatable bonds is 1. The van der Waals surface area contributed by atoms with E-state index in [1.54, 1.807) is 0 Å². The molecule has 3 rings (SSSR count). The molecule has 0 saturated carbocycles. The van der Waals surface area contributed by atoms with Crippen LogP contribution in [0.15, 0.2) is 40.9 Å². The minimum atomic E-state index is 0.929. The monoisotopic (exact) mass is 300 g/mol. The van der Waals surface area contributed by atoms with Crippen molar-refractivity contribution < 1.29 is 0 Å². The van der Waals surface area contributed by atoms with Gasteiger partial charge in [-0.15, -0.1) is 0 Å². The van der Waals surface area contributed by atoms with Crippen molar-refractivity contribution in [3.05, 3.63) is 52.0 Å². The zero-order valence-corrected chi connectivity index (χ0v) is 11.9. The van der Waals surface area contributed by atoms with Crippen LogP contribution in [0.1, 0.15) is 11.1 Å². The van der Waals surface area contributed by atoms with Gasteiger partial charge in [-0.1, -0.05) is 40.2 Å². The van der Waals surface area contributed by atoms with Crippen molar-refractivity contribution in [3.63, 3.8) is 0 Å². The Kier molecular flexibility index (Phi) is 2.71. The van der Waals surface area contributed by atoms with Crippen molar-refractivity contribution in [2.24, 2.45) is 0 Å². The van der Waals surface area contributed by atoms with E-state index in [-0.39, 0.29) is 0 Å². The molecule has 2 aromatic carbocycles. The topological polar surface area (TPSA) is 28.7 Å². The van der Waals surface area contributed by atoms with Crippen molar-refractivity contribution in [2.75, 3.05) is 0 Å². The van der Waals surface area contributed by atoms with Gasteiger partial charge < -0.3 is 4.98 Å². The lowest BCUT2D eigenvalue weighted by atomic mass is 10.1. The van der Waals surface area contributed by atoms with Gasteiger partial charge in [0.2, 0.25) is 0 Å². The lowest BCUT2D eigenvalue weighted by Gasteiger charge is -2.03. The number of H-pyrrole nitrogens is 1. The molecule has 3 aromatic rings. The fraction of sp³-hybridized carbons (Fsp3) is 0.133. The van der Waals surface area contributed by atoms with Crippen LogP contribution < -0.4 is 0 Å². The van der Waals surface area contributed by atoms with E-state index in [0.717, 1.165) is 26.9 Å². The van der Waals surface area contributed by atoms with E-state index in [9.17, 15) is 0 Å². The van der Waals surface area contributed by atoms with Gasteiger partial charge in [0, 0.05) is 10.0 Å². The zero-order valence-electron chi connectivity index (χ0n) is 10.3. The molecule has 0 radical (unpaired) electrons. The second-order valence-electron chi connectivity index (χ2n) is 4.47. The lowest BCUT2D eigenvalue weighted by molar-refractivity contribution is 1.29. The van der Waals surface area contributed by atoms with Gasteiger partial charge in [0.05, 0.1) is 11.0 Å². The Balaban J connectivity index is 2.26. The summed E-state index contributed by atoms with van der Waals surface area (Å²) in [5.74, 6) is 0.929. The smallest absolute Gasteiger partial charge is 0.138 e. The molecule has 0 aliphatic carbocycles. The highest BCUT2D eigenvalue weighted by Gasteiger charge is 2.10.